The first-order chi connectivity index (χ1) is 11.3. The molecule has 3 aromatic rings. The number of aromatic amines is 2. The number of rotatable bonds is 4. The zero-order chi connectivity index (χ0) is 17.3. The van der Waals surface area contributed by atoms with E-state index in [0.29, 0.717) is 18.8 Å². The second kappa shape index (κ2) is 5.91. The summed E-state index contributed by atoms with van der Waals surface area (Å²) in [5, 5.41) is 13.3. The zero-order valence-corrected chi connectivity index (χ0v) is 12.4. The topological polar surface area (TPSA) is 103 Å². The van der Waals surface area contributed by atoms with Gasteiger partial charge in [-0.05, 0) is 18.2 Å². The Morgan fingerprint density at radius 2 is 2.12 bits per heavy atom. The van der Waals surface area contributed by atoms with Crippen molar-refractivity contribution in [2.75, 3.05) is 13.6 Å². The number of halogens is 3. The number of tetrazole rings is 1. The average Bonchev–Trinajstić information content (AvgIpc) is 3.19. The van der Waals surface area contributed by atoms with Gasteiger partial charge < -0.3 is 9.88 Å². The summed E-state index contributed by atoms with van der Waals surface area (Å²) in [7, 11) is 1.58. The molecule has 2 aromatic heterocycles. The van der Waals surface area contributed by atoms with Crippen molar-refractivity contribution in [3.8, 4) is 0 Å². The largest absolute Gasteiger partial charge is 0.449 e. The number of H-pyrrole nitrogens is 2. The van der Waals surface area contributed by atoms with Crippen LogP contribution in [0.2, 0.25) is 0 Å². The molecule has 0 bridgehead atoms. The maximum atomic E-state index is 12.7. The van der Waals surface area contributed by atoms with Gasteiger partial charge in [-0.3, -0.25) is 4.79 Å². The molecule has 8 nitrogen and oxygen atoms in total. The van der Waals surface area contributed by atoms with E-state index in [1.165, 1.54) is 23.1 Å². The van der Waals surface area contributed by atoms with Gasteiger partial charge in [-0.15, -0.1) is 10.2 Å². The third kappa shape index (κ3) is 3.19. The van der Waals surface area contributed by atoms with Crippen molar-refractivity contribution >= 4 is 16.9 Å². The lowest BCUT2D eigenvalue weighted by Crippen LogP contribution is -2.29. The summed E-state index contributed by atoms with van der Waals surface area (Å²) < 4.78 is 38.0. The van der Waals surface area contributed by atoms with E-state index in [9.17, 15) is 18.0 Å². The normalized spacial score (nSPS) is 11.8. The number of imidazole rings is 1. The molecule has 0 aliphatic carbocycles. The van der Waals surface area contributed by atoms with Crippen LogP contribution >= 0.6 is 0 Å². The highest BCUT2D eigenvalue weighted by molar-refractivity contribution is 5.97. The molecule has 1 amide bonds. The number of likely N-dealkylation sites (N-methyl/N-ethyl adjacent to an activating group) is 1. The van der Waals surface area contributed by atoms with Gasteiger partial charge in [-0.1, -0.05) is 5.21 Å². The first-order valence-electron chi connectivity index (χ1n) is 6.89. The molecule has 126 valence electrons. The van der Waals surface area contributed by atoms with Gasteiger partial charge in [0.2, 0.25) is 5.82 Å². The van der Waals surface area contributed by atoms with Crippen molar-refractivity contribution in [2.24, 2.45) is 0 Å². The lowest BCUT2D eigenvalue weighted by molar-refractivity contribution is -0.144. The molecule has 0 saturated heterocycles. The van der Waals surface area contributed by atoms with Gasteiger partial charge in [0, 0.05) is 25.6 Å². The fourth-order valence-corrected chi connectivity index (χ4v) is 2.15. The Labute approximate surface area is 133 Å². The fourth-order valence-electron chi connectivity index (χ4n) is 2.15. The minimum absolute atomic E-state index is 0.147. The molecule has 0 aliphatic rings. The SMILES string of the molecule is CN(CCc1nn[nH]n1)C(=O)c1ccc2nc(C(F)(F)F)[nH]c2c1. The number of aromatic nitrogens is 6. The number of carbonyl (C=O) groups excluding carboxylic acids is 1. The molecule has 2 heterocycles. The van der Waals surface area contributed by atoms with E-state index >= 15 is 0 Å². The van der Waals surface area contributed by atoms with E-state index in [2.05, 4.69) is 30.6 Å². The van der Waals surface area contributed by atoms with Crippen LogP contribution in [0.15, 0.2) is 18.2 Å². The van der Waals surface area contributed by atoms with Gasteiger partial charge in [0.05, 0.1) is 11.0 Å². The lowest BCUT2D eigenvalue weighted by Gasteiger charge is -2.16. The number of fused-ring (bicyclic) bond motifs is 1. The number of nitrogens with one attached hydrogen (secondary N) is 2. The van der Waals surface area contributed by atoms with Crippen molar-refractivity contribution in [3.05, 3.63) is 35.4 Å². The molecule has 0 spiro atoms. The molecule has 0 unspecified atom stereocenters. The Balaban J connectivity index is 1.76. The van der Waals surface area contributed by atoms with Crippen LogP contribution in [0.4, 0.5) is 13.2 Å². The predicted molar refractivity (Wildman–Crippen MR) is 75.9 cm³/mol. The van der Waals surface area contributed by atoms with E-state index in [1.54, 1.807) is 7.05 Å². The van der Waals surface area contributed by atoms with Gasteiger partial charge in [0.15, 0.2) is 5.82 Å². The summed E-state index contributed by atoms with van der Waals surface area (Å²) in [6.07, 6.45) is -4.16. The van der Waals surface area contributed by atoms with Crippen molar-refractivity contribution in [2.45, 2.75) is 12.6 Å². The minimum Gasteiger partial charge on any atom is -0.341 e. The first kappa shape index (κ1) is 15.9. The fraction of sp³-hybridized carbons (Fsp3) is 0.308. The quantitative estimate of drug-likeness (QED) is 0.748. The Hall–Kier alpha value is -2.98. The van der Waals surface area contributed by atoms with E-state index < -0.39 is 12.0 Å². The Morgan fingerprint density at radius 3 is 2.79 bits per heavy atom. The lowest BCUT2D eigenvalue weighted by atomic mass is 10.1. The highest BCUT2D eigenvalue weighted by atomic mass is 19.4. The standard InChI is InChI=1S/C13H12F3N7O/c1-23(5-4-10-19-21-22-20-10)11(24)7-2-3-8-9(6-7)18-12(17-8)13(14,15)16/h2-3,6H,4-5H2,1H3,(H,17,18)(H,19,20,21,22). The number of carbonyl (C=O) groups is 1. The van der Waals surface area contributed by atoms with Gasteiger partial charge in [0.1, 0.15) is 0 Å². The highest BCUT2D eigenvalue weighted by Crippen LogP contribution is 2.28. The molecule has 3 rings (SSSR count). The Morgan fingerprint density at radius 1 is 1.33 bits per heavy atom. The second-order valence-corrected chi connectivity index (χ2v) is 5.12. The summed E-state index contributed by atoms with van der Waals surface area (Å²) in [6.45, 7) is 0.340. The van der Waals surface area contributed by atoms with Crippen molar-refractivity contribution in [1.29, 1.82) is 0 Å². The van der Waals surface area contributed by atoms with E-state index in [0.717, 1.165) is 0 Å². The van der Waals surface area contributed by atoms with Crippen LogP contribution < -0.4 is 0 Å². The molecule has 0 atom stereocenters. The second-order valence-electron chi connectivity index (χ2n) is 5.12. The molecule has 24 heavy (non-hydrogen) atoms. The van der Waals surface area contributed by atoms with Crippen LogP contribution in [0, 0.1) is 0 Å². The number of benzene rings is 1. The van der Waals surface area contributed by atoms with Crippen LogP contribution in [-0.4, -0.2) is 55.0 Å². The van der Waals surface area contributed by atoms with Crippen molar-refractivity contribution in [3.63, 3.8) is 0 Å². The Kier molecular flexibility index (Phi) is 3.91. The molecule has 11 heteroatoms. The number of hydrogen-bond donors (Lipinski definition) is 2. The smallest absolute Gasteiger partial charge is 0.341 e. The number of hydrogen-bond acceptors (Lipinski definition) is 5. The summed E-state index contributed by atoms with van der Waals surface area (Å²) in [4.78, 5) is 19.4. The van der Waals surface area contributed by atoms with Crippen LogP contribution in [0.1, 0.15) is 22.0 Å². The van der Waals surface area contributed by atoms with Crippen LogP contribution in [0.3, 0.4) is 0 Å². The average molecular weight is 339 g/mol. The molecule has 1 aromatic carbocycles. The molecule has 0 fully saturated rings. The molecular weight excluding hydrogens is 327 g/mol. The minimum atomic E-state index is -4.56. The van der Waals surface area contributed by atoms with E-state index in [-0.39, 0.29) is 22.5 Å². The zero-order valence-electron chi connectivity index (χ0n) is 12.4. The summed E-state index contributed by atoms with van der Waals surface area (Å²) in [5.41, 5.74) is 0.559. The van der Waals surface area contributed by atoms with E-state index in [4.69, 9.17) is 0 Å². The highest BCUT2D eigenvalue weighted by Gasteiger charge is 2.34. The maximum absolute atomic E-state index is 12.7. The van der Waals surface area contributed by atoms with Gasteiger partial charge >= 0.3 is 6.18 Å². The first-order valence-corrected chi connectivity index (χ1v) is 6.89. The predicted octanol–water partition coefficient (Wildman–Crippen LogP) is 1.41. The van der Waals surface area contributed by atoms with Gasteiger partial charge in [-0.25, -0.2) is 4.98 Å². The van der Waals surface area contributed by atoms with Crippen LogP contribution in [0.25, 0.3) is 11.0 Å². The molecule has 0 saturated carbocycles. The summed E-state index contributed by atoms with van der Waals surface area (Å²) in [5.74, 6) is -0.954. The monoisotopic (exact) mass is 339 g/mol. The maximum Gasteiger partial charge on any atom is 0.449 e. The third-order valence-corrected chi connectivity index (χ3v) is 3.40. The molecular formula is C13H12F3N7O. The Bertz CT molecular complexity index is 856. The number of alkyl halides is 3. The summed E-state index contributed by atoms with van der Waals surface area (Å²) >= 11 is 0. The number of nitrogens with zero attached hydrogens (tertiary/aromatic N) is 5. The number of amides is 1. The summed E-state index contributed by atoms with van der Waals surface area (Å²) in [6, 6.07) is 4.17. The molecule has 2 N–H and O–H groups in total. The van der Waals surface area contributed by atoms with E-state index in [1.807, 2.05) is 0 Å². The molecule has 0 aliphatic heterocycles. The van der Waals surface area contributed by atoms with Crippen molar-refractivity contribution < 1.29 is 18.0 Å². The van der Waals surface area contributed by atoms with Crippen molar-refractivity contribution in [1.82, 2.24) is 35.5 Å². The van der Waals surface area contributed by atoms with Gasteiger partial charge in [0.25, 0.3) is 5.91 Å². The van der Waals surface area contributed by atoms with Gasteiger partial charge in [-0.2, -0.15) is 18.4 Å². The van der Waals surface area contributed by atoms with Crippen LogP contribution in [0.5, 0.6) is 0 Å². The molecule has 0 radical (unpaired) electrons. The van der Waals surface area contributed by atoms with Crippen LogP contribution in [-0.2, 0) is 12.6 Å². The third-order valence-electron chi connectivity index (χ3n) is 3.40.